The van der Waals surface area contributed by atoms with Crippen LogP contribution in [-0.4, -0.2) is 46.9 Å². The summed E-state index contributed by atoms with van der Waals surface area (Å²) in [5.41, 5.74) is 0. The number of ether oxygens (including phenoxy) is 1. The molecule has 0 saturated heterocycles. The third kappa shape index (κ3) is 40.6. The molecule has 0 aliphatic heterocycles. The Labute approximate surface area is 353 Å². The molecule has 0 rings (SSSR count). The van der Waals surface area contributed by atoms with E-state index in [9.17, 15) is 19.8 Å². The van der Waals surface area contributed by atoms with Crippen LogP contribution in [0.15, 0.2) is 36.5 Å². The van der Waals surface area contributed by atoms with Crippen LogP contribution in [0.5, 0.6) is 0 Å². The second-order valence-corrected chi connectivity index (χ2v) is 16.9. The first-order chi connectivity index (χ1) is 28.0. The van der Waals surface area contributed by atoms with Gasteiger partial charge < -0.3 is 20.3 Å². The molecule has 0 aromatic rings. The topological polar surface area (TPSA) is 95.9 Å². The number of allylic oxidation sites excluding steroid dienone is 6. The molecule has 0 bridgehead atoms. The minimum absolute atomic E-state index is 0.0726. The average molecular weight is 802 g/mol. The SMILES string of the molecule is CC/C=C/C=C/C=C\CCCCCCCC(=O)OC(CCCCCCCCCCCCC)CC(=O)NC(CO)C(O)CCCCCCCCCCCCCCCC. The van der Waals surface area contributed by atoms with Gasteiger partial charge in [0.25, 0.3) is 0 Å². The zero-order valence-electron chi connectivity index (χ0n) is 38.0. The molecule has 0 radical (unpaired) electrons. The summed E-state index contributed by atoms with van der Waals surface area (Å²) in [5, 5.41) is 23.7. The number of unbranched alkanes of at least 4 members (excludes halogenated alkanes) is 28. The number of aliphatic hydroxyl groups excluding tert-OH is 2. The molecule has 334 valence electrons. The minimum atomic E-state index is -0.787. The molecule has 1 amide bonds. The smallest absolute Gasteiger partial charge is 0.306 e. The number of carbonyl (C=O) groups is 2. The van der Waals surface area contributed by atoms with E-state index >= 15 is 0 Å². The van der Waals surface area contributed by atoms with Gasteiger partial charge in [-0.3, -0.25) is 9.59 Å². The molecule has 6 heteroatoms. The van der Waals surface area contributed by atoms with Crippen molar-refractivity contribution in [3.63, 3.8) is 0 Å². The largest absolute Gasteiger partial charge is 0.462 e. The van der Waals surface area contributed by atoms with Crippen LogP contribution in [0.3, 0.4) is 0 Å². The highest BCUT2D eigenvalue weighted by Gasteiger charge is 2.24. The fourth-order valence-corrected chi connectivity index (χ4v) is 7.55. The lowest BCUT2D eigenvalue weighted by atomic mass is 10.0. The van der Waals surface area contributed by atoms with Crippen LogP contribution in [-0.2, 0) is 14.3 Å². The van der Waals surface area contributed by atoms with E-state index in [1.807, 2.05) is 0 Å². The fourth-order valence-electron chi connectivity index (χ4n) is 7.55. The summed E-state index contributed by atoms with van der Waals surface area (Å²) < 4.78 is 5.91. The third-order valence-electron chi connectivity index (χ3n) is 11.3. The molecule has 0 saturated carbocycles. The minimum Gasteiger partial charge on any atom is -0.462 e. The van der Waals surface area contributed by atoms with Crippen molar-refractivity contribution in [2.75, 3.05) is 6.61 Å². The second kappa shape index (κ2) is 45.2. The Morgan fingerprint density at radius 1 is 0.526 bits per heavy atom. The van der Waals surface area contributed by atoms with Gasteiger partial charge in [-0.25, -0.2) is 0 Å². The van der Waals surface area contributed by atoms with Gasteiger partial charge in [-0.05, 0) is 44.9 Å². The van der Waals surface area contributed by atoms with Crippen molar-refractivity contribution in [2.24, 2.45) is 0 Å². The number of nitrogens with one attached hydrogen (secondary N) is 1. The van der Waals surface area contributed by atoms with Gasteiger partial charge in [0.2, 0.25) is 5.91 Å². The molecular formula is C51H95NO5. The van der Waals surface area contributed by atoms with Gasteiger partial charge in [0.1, 0.15) is 6.10 Å². The molecule has 0 fully saturated rings. The fraction of sp³-hybridized carbons (Fsp3) is 0.843. The average Bonchev–Trinajstić information content (AvgIpc) is 3.20. The predicted molar refractivity (Wildman–Crippen MR) is 246 cm³/mol. The number of esters is 1. The highest BCUT2D eigenvalue weighted by molar-refractivity contribution is 5.77. The van der Waals surface area contributed by atoms with Crippen LogP contribution < -0.4 is 5.32 Å². The summed E-state index contributed by atoms with van der Waals surface area (Å²) in [6.45, 7) is 6.35. The summed E-state index contributed by atoms with van der Waals surface area (Å²) >= 11 is 0. The molecule has 0 aliphatic carbocycles. The first kappa shape index (κ1) is 55.1. The van der Waals surface area contributed by atoms with E-state index in [4.69, 9.17) is 4.74 Å². The number of aliphatic hydroxyl groups is 2. The summed E-state index contributed by atoms with van der Waals surface area (Å²) in [7, 11) is 0. The molecule has 6 nitrogen and oxygen atoms in total. The molecule has 3 atom stereocenters. The van der Waals surface area contributed by atoms with Crippen molar-refractivity contribution in [2.45, 2.75) is 270 Å². The number of hydrogen-bond acceptors (Lipinski definition) is 5. The van der Waals surface area contributed by atoms with E-state index in [1.165, 1.54) is 135 Å². The molecule has 3 N–H and O–H groups in total. The van der Waals surface area contributed by atoms with Crippen LogP contribution in [0.4, 0.5) is 0 Å². The monoisotopic (exact) mass is 802 g/mol. The lowest BCUT2D eigenvalue weighted by Gasteiger charge is -2.24. The highest BCUT2D eigenvalue weighted by atomic mass is 16.5. The Kier molecular flexibility index (Phi) is 43.6. The van der Waals surface area contributed by atoms with Crippen LogP contribution in [0.25, 0.3) is 0 Å². The summed E-state index contributed by atoms with van der Waals surface area (Å²) in [6, 6.07) is -0.701. The molecule has 0 aliphatic rings. The molecule has 0 aromatic carbocycles. The quantitative estimate of drug-likeness (QED) is 0.0324. The zero-order valence-corrected chi connectivity index (χ0v) is 38.0. The van der Waals surface area contributed by atoms with Crippen LogP contribution in [0.1, 0.15) is 252 Å². The Morgan fingerprint density at radius 2 is 0.947 bits per heavy atom. The van der Waals surface area contributed by atoms with E-state index in [0.29, 0.717) is 19.3 Å². The Hall–Kier alpha value is -1.92. The zero-order chi connectivity index (χ0) is 41.7. The Balaban J connectivity index is 4.54. The van der Waals surface area contributed by atoms with E-state index in [1.54, 1.807) is 0 Å². The summed E-state index contributed by atoms with van der Waals surface area (Å²) in [4.78, 5) is 26.0. The van der Waals surface area contributed by atoms with Crippen molar-refractivity contribution in [1.82, 2.24) is 5.32 Å². The van der Waals surface area contributed by atoms with Crippen molar-refractivity contribution in [3.05, 3.63) is 36.5 Å². The predicted octanol–water partition coefficient (Wildman–Crippen LogP) is 14.5. The van der Waals surface area contributed by atoms with E-state index in [0.717, 1.165) is 70.6 Å². The number of hydrogen-bond donors (Lipinski definition) is 3. The maximum absolute atomic E-state index is 13.2. The van der Waals surface area contributed by atoms with E-state index in [-0.39, 0.29) is 24.9 Å². The first-order valence-electron chi connectivity index (χ1n) is 24.7. The maximum atomic E-state index is 13.2. The van der Waals surface area contributed by atoms with Crippen LogP contribution in [0, 0.1) is 0 Å². The standard InChI is InChI=1S/C51H95NO5/c1-4-7-10-13-16-19-22-24-26-28-31-34-37-40-43-49(54)48(46-53)52-50(55)45-47(42-39-36-33-30-27-21-18-15-12-9-6-3)57-51(56)44-41-38-35-32-29-25-23-20-17-14-11-8-5-2/h8,11,14,17,20,23,47-49,53-54H,4-7,9-10,12-13,15-16,18-19,21-22,24-46H2,1-3H3,(H,52,55)/b11-8+,17-14+,23-20-. The molecule has 3 unspecified atom stereocenters. The Morgan fingerprint density at radius 3 is 1.42 bits per heavy atom. The van der Waals surface area contributed by atoms with Crippen molar-refractivity contribution in [3.8, 4) is 0 Å². The first-order valence-corrected chi connectivity index (χ1v) is 24.7. The molecule has 57 heavy (non-hydrogen) atoms. The van der Waals surface area contributed by atoms with Gasteiger partial charge in [0.05, 0.1) is 25.2 Å². The highest BCUT2D eigenvalue weighted by Crippen LogP contribution is 2.18. The number of carbonyl (C=O) groups excluding carboxylic acids is 2. The maximum Gasteiger partial charge on any atom is 0.306 e. The van der Waals surface area contributed by atoms with Crippen LogP contribution in [0.2, 0.25) is 0 Å². The molecular weight excluding hydrogens is 707 g/mol. The van der Waals surface area contributed by atoms with Gasteiger partial charge in [-0.1, -0.05) is 231 Å². The van der Waals surface area contributed by atoms with Crippen molar-refractivity contribution >= 4 is 11.9 Å². The lowest BCUT2D eigenvalue weighted by molar-refractivity contribution is -0.151. The third-order valence-corrected chi connectivity index (χ3v) is 11.3. The van der Waals surface area contributed by atoms with Crippen molar-refractivity contribution < 1.29 is 24.5 Å². The number of rotatable bonds is 44. The van der Waals surface area contributed by atoms with E-state index in [2.05, 4.69) is 62.5 Å². The molecule has 0 spiro atoms. The number of amides is 1. The summed E-state index contributed by atoms with van der Waals surface area (Å²) in [5.74, 6) is -0.490. The second-order valence-electron chi connectivity index (χ2n) is 16.9. The van der Waals surface area contributed by atoms with E-state index < -0.39 is 18.2 Å². The van der Waals surface area contributed by atoms with Gasteiger partial charge in [0, 0.05) is 6.42 Å². The lowest BCUT2D eigenvalue weighted by Crippen LogP contribution is -2.46. The van der Waals surface area contributed by atoms with Gasteiger partial charge in [-0.2, -0.15) is 0 Å². The normalized spacial score (nSPS) is 13.6. The van der Waals surface area contributed by atoms with Gasteiger partial charge in [0.15, 0.2) is 0 Å². The molecule has 0 aromatic heterocycles. The Bertz CT molecular complexity index is 946. The van der Waals surface area contributed by atoms with Gasteiger partial charge >= 0.3 is 5.97 Å². The molecule has 0 heterocycles. The van der Waals surface area contributed by atoms with Gasteiger partial charge in [-0.15, -0.1) is 0 Å². The van der Waals surface area contributed by atoms with Crippen molar-refractivity contribution in [1.29, 1.82) is 0 Å². The van der Waals surface area contributed by atoms with Crippen LogP contribution >= 0.6 is 0 Å². The summed E-state index contributed by atoms with van der Waals surface area (Å²) in [6.07, 6.45) is 52.0.